The summed E-state index contributed by atoms with van der Waals surface area (Å²) in [5.41, 5.74) is 3.85. The van der Waals surface area contributed by atoms with Crippen molar-refractivity contribution in [3.63, 3.8) is 0 Å². The SMILES string of the molecule is COc1ccc(OC)c(N(CC(=O)N/N=C\c2ccc(OCc3ccccc3Cl)c(OC)c2)S(=O)(=O)c2ccc(OC)c(OC)c2)c1. The highest BCUT2D eigenvalue weighted by molar-refractivity contribution is 7.92. The van der Waals surface area contributed by atoms with Gasteiger partial charge in [0.2, 0.25) is 0 Å². The fourth-order valence-electron chi connectivity index (χ4n) is 4.39. The molecule has 4 rings (SSSR count). The number of anilines is 1. The Morgan fingerprint density at radius 3 is 2.13 bits per heavy atom. The molecule has 1 N–H and O–H groups in total. The molecule has 0 fully saturated rings. The highest BCUT2D eigenvalue weighted by Gasteiger charge is 2.31. The maximum atomic E-state index is 14.0. The van der Waals surface area contributed by atoms with Crippen molar-refractivity contribution in [1.29, 1.82) is 0 Å². The number of hydrogen-bond acceptors (Lipinski definition) is 10. The number of nitrogens with one attached hydrogen (secondary N) is 1. The van der Waals surface area contributed by atoms with Crippen LogP contribution < -0.4 is 38.2 Å². The minimum absolute atomic E-state index is 0.0675. The zero-order chi connectivity index (χ0) is 34.0. The van der Waals surface area contributed by atoms with Crippen molar-refractivity contribution in [1.82, 2.24) is 5.43 Å². The summed E-state index contributed by atoms with van der Waals surface area (Å²) in [4.78, 5) is 13.0. The van der Waals surface area contributed by atoms with Gasteiger partial charge in [0.15, 0.2) is 23.0 Å². The van der Waals surface area contributed by atoms with E-state index in [1.54, 1.807) is 30.3 Å². The van der Waals surface area contributed by atoms with Gasteiger partial charge in [-0.3, -0.25) is 9.10 Å². The Bertz CT molecular complexity index is 1850. The van der Waals surface area contributed by atoms with E-state index < -0.39 is 22.5 Å². The first-order valence-electron chi connectivity index (χ1n) is 14.0. The zero-order valence-electron chi connectivity index (χ0n) is 26.4. The minimum atomic E-state index is -4.37. The molecule has 0 unspecified atom stereocenters. The Kier molecular flexibility index (Phi) is 11.8. The van der Waals surface area contributed by atoms with Crippen molar-refractivity contribution < 1.29 is 41.6 Å². The smallest absolute Gasteiger partial charge is 0.265 e. The van der Waals surface area contributed by atoms with Gasteiger partial charge in [-0.15, -0.1) is 0 Å². The highest BCUT2D eigenvalue weighted by atomic mass is 35.5. The lowest BCUT2D eigenvalue weighted by atomic mass is 10.2. The molecule has 4 aromatic rings. The summed E-state index contributed by atoms with van der Waals surface area (Å²) < 4.78 is 61.7. The van der Waals surface area contributed by atoms with E-state index in [4.69, 9.17) is 40.0 Å². The topological polar surface area (TPSA) is 134 Å². The van der Waals surface area contributed by atoms with Crippen molar-refractivity contribution in [2.24, 2.45) is 5.10 Å². The van der Waals surface area contributed by atoms with Crippen LogP contribution in [0, 0.1) is 0 Å². The molecule has 0 bridgehead atoms. The van der Waals surface area contributed by atoms with Crippen LogP contribution in [0.5, 0.6) is 34.5 Å². The molecule has 0 spiro atoms. The first-order chi connectivity index (χ1) is 22.6. The molecular weight excluding hydrogens is 650 g/mol. The number of hydrazone groups is 1. The van der Waals surface area contributed by atoms with Crippen LogP contribution >= 0.6 is 11.6 Å². The van der Waals surface area contributed by atoms with Gasteiger partial charge in [0, 0.05) is 22.7 Å². The van der Waals surface area contributed by atoms with Gasteiger partial charge in [-0.25, -0.2) is 13.8 Å². The normalized spacial score (nSPS) is 11.1. The molecule has 4 aromatic carbocycles. The second-order valence-electron chi connectivity index (χ2n) is 9.65. The summed E-state index contributed by atoms with van der Waals surface area (Å²) in [6.07, 6.45) is 1.39. The summed E-state index contributed by atoms with van der Waals surface area (Å²) in [7, 11) is 2.78. The van der Waals surface area contributed by atoms with Gasteiger partial charge in [0.05, 0.1) is 52.3 Å². The molecule has 0 radical (unpaired) electrons. The molecule has 0 aliphatic carbocycles. The molecular formula is C33H34ClN3O9S. The maximum Gasteiger partial charge on any atom is 0.265 e. The van der Waals surface area contributed by atoms with Gasteiger partial charge < -0.3 is 28.4 Å². The van der Waals surface area contributed by atoms with E-state index in [9.17, 15) is 13.2 Å². The van der Waals surface area contributed by atoms with Crippen molar-refractivity contribution in [3.8, 4) is 34.5 Å². The minimum Gasteiger partial charge on any atom is -0.497 e. The Balaban J connectivity index is 1.56. The number of carbonyl (C=O) groups is 1. The number of amides is 1. The first-order valence-corrected chi connectivity index (χ1v) is 15.8. The van der Waals surface area contributed by atoms with E-state index in [0.717, 1.165) is 9.87 Å². The van der Waals surface area contributed by atoms with Gasteiger partial charge >= 0.3 is 0 Å². The molecule has 1 amide bonds. The van der Waals surface area contributed by atoms with Crippen LogP contribution in [0.2, 0.25) is 5.02 Å². The summed E-state index contributed by atoms with van der Waals surface area (Å²) >= 11 is 6.23. The third-order valence-electron chi connectivity index (χ3n) is 6.82. The van der Waals surface area contributed by atoms with Gasteiger partial charge in [0.1, 0.15) is 24.7 Å². The third kappa shape index (κ3) is 8.37. The number of hydrogen-bond donors (Lipinski definition) is 1. The van der Waals surface area contributed by atoms with Crippen LogP contribution in [0.4, 0.5) is 5.69 Å². The van der Waals surface area contributed by atoms with Crippen LogP contribution in [0.1, 0.15) is 11.1 Å². The standard InChI is InChI=1S/C33H34ClN3O9S/c1-41-24-11-14-28(42-2)27(17-24)37(47(39,40)25-12-15-29(43-3)32(18-25)45-5)20-33(38)36-35-19-22-10-13-30(31(16-22)44-4)46-21-23-8-6-7-9-26(23)34/h6-19H,20-21H2,1-5H3,(H,36,38)/b35-19-. The fraction of sp³-hybridized carbons (Fsp3) is 0.212. The summed E-state index contributed by atoms with van der Waals surface area (Å²) in [6.45, 7) is -0.421. The fourth-order valence-corrected chi connectivity index (χ4v) is 6.02. The van der Waals surface area contributed by atoms with Gasteiger partial charge in [-0.2, -0.15) is 5.10 Å². The lowest BCUT2D eigenvalue weighted by Crippen LogP contribution is -2.39. The number of rotatable bonds is 15. The average Bonchev–Trinajstić information content (AvgIpc) is 3.09. The number of methoxy groups -OCH3 is 5. The van der Waals surface area contributed by atoms with Crippen LogP contribution in [-0.4, -0.2) is 62.6 Å². The number of benzene rings is 4. The second kappa shape index (κ2) is 15.9. The first kappa shape index (κ1) is 34.7. The van der Waals surface area contributed by atoms with Gasteiger partial charge in [0.25, 0.3) is 15.9 Å². The Morgan fingerprint density at radius 2 is 1.45 bits per heavy atom. The quantitative estimate of drug-likeness (QED) is 0.131. The van der Waals surface area contributed by atoms with Gasteiger partial charge in [-0.05, 0) is 54.1 Å². The Labute approximate surface area is 278 Å². The van der Waals surface area contributed by atoms with Crippen molar-refractivity contribution in [2.75, 3.05) is 46.4 Å². The molecule has 0 aromatic heterocycles. The van der Waals surface area contributed by atoms with Crippen molar-refractivity contribution in [3.05, 3.63) is 95.0 Å². The molecule has 12 nitrogen and oxygen atoms in total. The Morgan fingerprint density at radius 1 is 0.787 bits per heavy atom. The van der Waals surface area contributed by atoms with Crippen molar-refractivity contribution in [2.45, 2.75) is 11.5 Å². The highest BCUT2D eigenvalue weighted by Crippen LogP contribution is 2.37. The molecule has 0 saturated heterocycles. The van der Waals surface area contributed by atoms with E-state index >= 15 is 0 Å². The molecule has 0 saturated carbocycles. The van der Waals surface area contributed by atoms with E-state index in [1.807, 2.05) is 18.2 Å². The molecule has 248 valence electrons. The average molecular weight is 684 g/mol. The van der Waals surface area contributed by atoms with Gasteiger partial charge in [-0.1, -0.05) is 29.8 Å². The monoisotopic (exact) mass is 683 g/mol. The van der Waals surface area contributed by atoms with Crippen LogP contribution in [-0.2, 0) is 21.4 Å². The van der Waals surface area contributed by atoms with E-state index in [1.165, 1.54) is 72.1 Å². The van der Waals surface area contributed by atoms with Crippen LogP contribution in [0.3, 0.4) is 0 Å². The zero-order valence-corrected chi connectivity index (χ0v) is 27.9. The number of halogens is 1. The second-order valence-corrected chi connectivity index (χ2v) is 11.9. The molecule has 14 heteroatoms. The van der Waals surface area contributed by atoms with E-state index in [0.29, 0.717) is 33.6 Å². The Hall–Kier alpha value is -5.14. The lowest BCUT2D eigenvalue weighted by molar-refractivity contribution is -0.119. The number of nitrogens with zero attached hydrogens (tertiary/aromatic N) is 2. The van der Waals surface area contributed by atoms with E-state index in [-0.39, 0.29) is 28.7 Å². The molecule has 0 atom stereocenters. The summed E-state index contributed by atoms with van der Waals surface area (Å²) in [5.74, 6) is 1.25. The maximum absolute atomic E-state index is 14.0. The molecule has 0 heterocycles. The predicted octanol–water partition coefficient (Wildman–Crippen LogP) is 5.31. The molecule has 47 heavy (non-hydrogen) atoms. The van der Waals surface area contributed by atoms with Crippen LogP contribution in [0.25, 0.3) is 0 Å². The summed E-state index contributed by atoms with van der Waals surface area (Å²) in [6, 6.07) is 21.2. The summed E-state index contributed by atoms with van der Waals surface area (Å²) in [5, 5.41) is 4.62. The van der Waals surface area contributed by atoms with Crippen molar-refractivity contribution >= 4 is 39.4 Å². The number of carbonyl (C=O) groups excluding carboxylic acids is 1. The van der Waals surface area contributed by atoms with Crippen LogP contribution in [0.15, 0.2) is 88.9 Å². The van der Waals surface area contributed by atoms with E-state index in [2.05, 4.69) is 10.5 Å². The number of ether oxygens (including phenoxy) is 6. The predicted molar refractivity (Wildman–Crippen MR) is 178 cm³/mol. The third-order valence-corrected chi connectivity index (χ3v) is 8.94. The molecule has 0 aliphatic heterocycles. The molecule has 0 aliphatic rings. The largest absolute Gasteiger partial charge is 0.497 e. The lowest BCUT2D eigenvalue weighted by Gasteiger charge is -2.26. The number of sulfonamides is 1.